The predicted octanol–water partition coefficient (Wildman–Crippen LogP) is 2.07. The molecule has 28 heavy (non-hydrogen) atoms. The largest absolute Gasteiger partial charge is 0.452 e. The molecule has 1 saturated carbocycles. The Balaban J connectivity index is 1.89. The first kappa shape index (κ1) is 22.3. The van der Waals surface area contributed by atoms with Gasteiger partial charge in [0.15, 0.2) is 6.10 Å². The number of sulfonamides is 1. The third-order valence-electron chi connectivity index (χ3n) is 4.99. The molecule has 1 N–H and O–H groups in total. The first-order valence-corrected chi connectivity index (χ1v) is 10.8. The van der Waals surface area contributed by atoms with E-state index >= 15 is 0 Å². The van der Waals surface area contributed by atoms with Crippen molar-refractivity contribution in [3.63, 3.8) is 0 Å². The molecule has 0 saturated heterocycles. The Hall–Kier alpha value is -2.00. The average Bonchev–Trinajstić information content (AvgIpc) is 2.63. The summed E-state index contributed by atoms with van der Waals surface area (Å²) in [4.78, 5) is 24.2. The van der Waals surface area contributed by atoms with Gasteiger partial charge in [0.25, 0.3) is 5.91 Å². The lowest BCUT2D eigenvalue weighted by Crippen LogP contribution is -2.46. The van der Waals surface area contributed by atoms with E-state index in [9.17, 15) is 22.4 Å². The Labute approximate surface area is 165 Å². The van der Waals surface area contributed by atoms with Crippen molar-refractivity contribution in [3.05, 3.63) is 30.1 Å². The molecule has 0 unspecified atom stereocenters. The van der Waals surface area contributed by atoms with Gasteiger partial charge in [-0.25, -0.2) is 12.8 Å². The minimum absolute atomic E-state index is 0.0592. The van der Waals surface area contributed by atoms with Gasteiger partial charge in [-0.1, -0.05) is 19.8 Å². The van der Waals surface area contributed by atoms with Gasteiger partial charge in [-0.2, -0.15) is 4.31 Å². The second-order valence-electron chi connectivity index (χ2n) is 7.22. The topological polar surface area (TPSA) is 92.8 Å². The summed E-state index contributed by atoms with van der Waals surface area (Å²) in [6.07, 6.45) is 3.11. The second-order valence-corrected chi connectivity index (χ2v) is 9.27. The van der Waals surface area contributed by atoms with Crippen molar-refractivity contribution in [2.45, 2.75) is 56.6 Å². The molecule has 156 valence electrons. The number of benzene rings is 1. The number of rotatable bonds is 7. The van der Waals surface area contributed by atoms with Crippen molar-refractivity contribution in [3.8, 4) is 0 Å². The Bertz CT molecular complexity index is 797. The highest BCUT2D eigenvalue weighted by molar-refractivity contribution is 7.89. The van der Waals surface area contributed by atoms with E-state index in [1.54, 1.807) is 0 Å². The highest BCUT2D eigenvalue weighted by Gasteiger charge is 2.28. The fourth-order valence-electron chi connectivity index (χ4n) is 3.17. The Morgan fingerprint density at radius 3 is 2.46 bits per heavy atom. The second kappa shape index (κ2) is 9.47. The van der Waals surface area contributed by atoms with Gasteiger partial charge in [0.2, 0.25) is 10.0 Å². The van der Waals surface area contributed by atoms with Gasteiger partial charge in [-0.15, -0.1) is 0 Å². The molecule has 0 aromatic heterocycles. The number of carbonyl (C=O) groups excluding carboxylic acids is 2. The third kappa shape index (κ3) is 5.75. The number of halogens is 1. The number of carbonyl (C=O) groups is 2. The van der Waals surface area contributed by atoms with Crippen LogP contribution in [0.2, 0.25) is 0 Å². The molecule has 2 rings (SSSR count). The van der Waals surface area contributed by atoms with E-state index in [1.165, 1.54) is 14.0 Å². The van der Waals surface area contributed by atoms with E-state index in [0.717, 1.165) is 54.3 Å². The Morgan fingerprint density at radius 2 is 1.86 bits per heavy atom. The fourth-order valence-corrected chi connectivity index (χ4v) is 4.29. The summed E-state index contributed by atoms with van der Waals surface area (Å²) in [5.41, 5.74) is 0. The normalized spacial score (nSPS) is 21.2. The van der Waals surface area contributed by atoms with Crippen LogP contribution in [0.25, 0.3) is 0 Å². The summed E-state index contributed by atoms with van der Waals surface area (Å²) in [5, 5.41) is 2.90. The van der Waals surface area contributed by atoms with Gasteiger partial charge in [0.1, 0.15) is 12.4 Å². The lowest BCUT2D eigenvalue weighted by atomic mass is 9.86. The zero-order valence-electron chi connectivity index (χ0n) is 16.4. The zero-order chi connectivity index (χ0) is 20.9. The van der Waals surface area contributed by atoms with Crippen molar-refractivity contribution in [2.75, 3.05) is 13.6 Å². The van der Waals surface area contributed by atoms with E-state index in [4.69, 9.17) is 4.74 Å². The van der Waals surface area contributed by atoms with Crippen LogP contribution in [0.15, 0.2) is 29.2 Å². The van der Waals surface area contributed by atoms with Gasteiger partial charge in [-0.3, -0.25) is 9.59 Å². The maximum absolute atomic E-state index is 13.0. The van der Waals surface area contributed by atoms with Crippen LogP contribution in [0, 0.1) is 11.7 Å². The maximum Gasteiger partial charge on any atom is 0.322 e. The van der Waals surface area contributed by atoms with Crippen LogP contribution < -0.4 is 5.32 Å². The van der Waals surface area contributed by atoms with Crippen LogP contribution in [-0.4, -0.2) is 50.3 Å². The molecule has 0 bridgehead atoms. The standard InChI is InChI=1S/C19H27FN2O5S/c1-13-6-4-5-7-17(13)21-19(24)14(2)27-18(23)12-22(3)28(25,26)16-10-8-15(20)9-11-16/h8-11,13-14,17H,4-7,12H2,1-3H3,(H,21,24)/t13-,14-,17-/m1/s1. The molecule has 9 heteroatoms. The molecule has 0 radical (unpaired) electrons. The maximum atomic E-state index is 13.0. The van der Waals surface area contributed by atoms with Crippen LogP contribution >= 0.6 is 0 Å². The molecule has 1 aliphatic carbocycles. The van der Waals surface area contributed by atoms with Gasteiger partial charge in [0.05, 0.1) is 4.90 Å². The summed E-state index contributed by atoms with van der Waals surface area (Å²) < 4.78 is 43.7. The summed E-state index contributed by atoms with van der Waals surface area (Å²) in [7, 11) is -2.75. The Kier molecular flexibility index (Phi) is 7.54. The summed E-state index contributed by atoms with van der Waals surface area (Å²) >= 11 is 0. The molecule has 1 fully saturated rings. The van der Waals surface area contributed by atoms with Crippen molar-refractivity contribution < 1.29 is 27.1 Å². The zero-order valence-corrected chi connectivity index (χ0v) is 17.2. The fraction of sp³-hybridized carbons (Fsp3) is 0.579. The third-order valence-corrected chi connectivity index (χ3v) is 6.81. The van der Waals surface area contributed by atoms with Crippen molar-refractivity contribution >= 4 is 21.9 Å². The number of likely N-dealkylation sites (N-methyl/N-ethyl adjacent to an activating group) is 1. The minimum Gasteiger partial charge on any atom is -0.452 e. The predicted molar refractivity (Wildman–Crippen MR) is 101 cm³/mol. The summed E-state index contributed by atoms with van der Waals surface area (Å²) in [5.74, 6) is -1.43. The Morgan fingerprint density at radius 1 is 1.25 bits per heavy atom. The van der Waals surface area contributed by atoms with Crippen molar-refractivity contribution in [2.24, 2.45) is 5.92 Å². The molecule has 1 aliphatic rings. The lowest BCUT2D eigenvalue weighted by molar-refractivity contribution is -0.155. The number of ether oxygens (including phenoxy) is 1. The van der Waals surface area contributed by atoms with E-state index in [1.807, 2.05) is 0 Å². The van der Waals surface area contributed by atoms with Crippen LogP contribution in [0.5, 0.6) is 0 Å². The lowest BCUT2D eigenvalue weighted by Gasteiger charge is -2.30. The van der Waals surface area contributed by atoms with E-state index < -0.39 is 40.4 Å². The van der Waals surface area contributed by atoms with Crippen LogP contribution in [0.3, 0.4) is 0 Å². The van der Waals surface area contributed by atoms with Gasteiger partial charge in [-0.05, 0) is 49.9 Å². The van der Waals surface area contributed by atoms with Gasteiger partial charge < -0.3 is 10.1 Å². The molecule has 0 aliphatic heterocycles. The molecule has 0 heterocycles. The molecule has 0 spiro atoms. The summed E-state index contributed by atoms with van der Waals surface area (Å²) in [6.45, 7) is 2.97. The molecular weight excluding hydrogens is 387 g/mol. The van der Waals surface area contributed by atoms with Crippen LogP contribution in [0.1, 0.15) is 39.5 Å². The minimum atomic E-state index is -3.97. The van der Waals surface area contributed by atoms with E-state index in [2.05, 4.69) is 12.2 Å². The first-order valence-electron chi connectivity index (χ1n) is 9.33. The smallest absolute Gasteiger partial charge is 0.322 e. The number of hydrogen-bond donors (Lipinski definition) is 1. The SMILES string of the molecule is C[C@@H]1CCCC[C@H]1NC(=O)[C@@H](C)OC(=O)CN(C)S(=O)(=O)c1ccc(F)cc1. The average molecular weight is 414 g/mol. The van der Waals surface area contributed by atoms with Crippen molar-refractivity contribution in [1.82, 2.24) is 9.62 Å². The molecule has 1 aromatic carbocycles. The first-order chi connectivity index (χ1) is 13.1. The highest BCUT2D eigenvalue weighted by atomic mass is 32.2. The van der Waals surface area contributed by atoms with Gasteiger partial charge in [0, 0.05) is 13.1 Å². The number of esters is 1. The molecule has 7 nitrogen and oxygen atoms in total. The molecule has 1 amide bonds. The van der Waals surface area contributed by atoms with E-state index in [-0.39, 0.29) is 10.9 Å². The van der Waals surface area contributed by atoms with Crippen LogP contribution in [-0.2, 0) is 24.3 Å². The molecular formula is C19H27FN2O5S. The quantitative estimate of drug-likeness (QED) is 0.690. The van der Waals surface area contributed by atoms with Crippen molar-refractivity contribution in [1.29, 1.82) is 0 Å². The van der Waals surface area contributed by atoms with E-state index in [0.29, 0.717) is 5.92 Å². The highest BCUT2D eigenvalue weighted by Crippen LogP contribution is 2.23. The van der Waals surface area contributed by atoms with Crippen LogP contribution in [0.4, 0.5) is 4.39 Å². The monoisotopic (exact) mass is 414 g/mol. The molecule has 3 atom stereocenters. The number of hydrogen-bond acceptors (Lipinski definition) is 5. The number of nitrogens with zero attached hydrogens (tertiary/aromatic N) is 1. The summed E-state index contributed by atoms with van der Waals surface area (Å²) in [6, 6.07) is 4.35. The number of nitrogens with one attached hydrogen (secondary N) is 1. The van der Waals surface area contributed by atoms with Gasteiger partial charge >= 0.3 is 5.97 Å². The number of amides is 1. The molecule has 1 aromatic rings.